The third kappa shape index (κ3) is 4.97. The molecular weight excluding hydrogens is 396 g/mol. The van der Waals surface area contributed by atoms with E-state index < -0.39 is 0 Å². The van der Waals surface area contributed by atoms with Gasteiger partial charge in [-0.3, -0.25) is 14.3 Å². The summed E-state index contributed by atoms with van der Waals surface area (Å²) in [5.41, 5.74) is 3.95. The van der Waals surface area contributed by atoms with E-state index >= 15 is 0 Å². The molecule has 1 aliphatic rings. The van der Waals surface area contributed by atoms with Crippen LogP contribution in [0.25, 0.3) is 0 Å². The van der Waals surface area contributed by atoms with E-state index in [0.717, 1.165) is 48.1 Å². The first-order chi connectivity index (χ1) is 14.7. The SMILES string of the molecule is O=C(CSc1nc(=O)n(Cc2cccnc2)c2c1CCCC2)NCc1ccccc1. The van der Waals surface area contributed by atoms with E-state index in [4.69, 9.17) is 0 Å². The number of carbonyl (C=O) groups is 1. The van der Waals surface area contributed by atoms with Gasteiger partial charge >= 0.3 is 5.69 Å². The zero-order valence-corrected chi connectivity index (χ0v) is 17.5. The lowest BCUT2D eigenvalue weighted by atomic mass is 9.97. The number of nitrogens with zero attached hydrogens (tertiary/aromatic N) is 3. The molecule has 3 aromatic rings. The van der Waals surface area contributed by atoms with Gasteiger partial charge in [0, 0.05) is 30.2 Å². The maximum Gasteiger partial charge on any atom is 0.349 e. The van der Waals surface area contributed by atoms with Crippen LogP contribution >= 0.6 is 11.8 Å². The van der Waals surface area contributed by atoms with Crippen LogP contribution in [0.1, 0.15) is 35.2 Å². The molecule has 30 heavy (non-hydrogen) atoms. The molecule has 154 valence electrons. The fraction of sp³-hybridized carbons (Fsp3) is 0.304. The molecule has 1 N–H and O–H groups in total. The Kier molecular flexibility index (Phi) is 6.59. The van der Waals surface area contributed by atoms with Gasteiger partial charge in [-0.05, 0) is 42.9 Å². The van der Waals surface area contributed by atoms with Gasteiger partial charge in [0.15, 0.2) is 0 Å². The second-order valence-electron chi connectivity index (χ2n) is 7.33. The van der Waals surface area contributed by atoms with Crippen molar-refractivity contribution in [2.24, 2.45) is 0 Å². The van der Waals surface area contributed by atoms with Gasteiger partial charge in [-0.1, -0.05) is 48.2 Å². The summed E-state index contributed by atoms with van der Waals surface area (Å²) in [5, 5.41) is 3.63. The van der Waals surface area contributed by atoms with Crippen molar-refractivity contribution in [1.29, 1.82) is 0 Å². The Labute approximate surface area is 179 Å². The molecule has 0 spiro atoms. The zero-order chi connectivity index (χ0) is 20.8. The van der Waals surface area contributed by atoms with Crippen LogP contribution < -0.4 is 11.0 Å². The average Bonchev–Trinajstić information content (AvgIpc) is 2.80. The topological polar surface area (TPSA) is 76.9 Å². The Morgan fingerprint density at radius 3 is 2.67 bits per heavy atom. The summed E-state index contributed by atoms with van der Waals surface area (Å²) in [6, 6.07) is 13.7. The second kappa shape index (κ2) is 9.71. The molecule has 0 bridgehead atoms. The van der Waals surface area contributed by atoms with Crippen molar-refractivity contribution in [3.8, 4) is 0 Å². The number of pyridine rings is 1. The molecule has 4 rings (SSSR count). The van der Waals surface area contributed by atoms with Crippen molar-refractivity contribution < 1.29 is 4.79 Å². The van der Waals surface area contributed by atoms with E-state index in [1.54, 1.807) is 17.0 Å². The predicted octanol–water partition coefficient (Wildman–Crippen LogP) is 2.97. The maximum atomic E-state index is 12.8. The number of fused-ring (bicyclic) bond motifs is 1. The third-order valence-corrected chi connectivity index (χ3v) is 6.20. The van der Waals surface area contributed by atoms with Crippen molar-refractivity contribution in [2.45, 2.75) is 43.8 Å². The highest BCUT2D eigenvalue weighted by atomic mass is 32.2. The van der Waals surface area contributed by atoms with Gasteiger partial charge in [-0.2, -0.15) is 4.98 Å². The van der Waals surface area contributed by atoms with Crippen molar-refractivity contribution in [3.05, 3.63) is 87.7 Å². The Hall–Kier alpha value is -2.93. The Morgan fingerprint density at radius 2 is 1.87 bits per heavy atom. The molecule has 0 aliphatic heterocycles. The van der Waals surface area contributed by atoms with Crippen molar-refractivity contribution in [3.63, 3.8) is 0 Å². The molecule has 6 nitrogen and oxygen atoms in total. The number of nitrogens with one attached hydrogen (secondary N) is 1. The largest absolute Gasteiger partial charge is 0.351 e. The lowest BCUT2D eigenvalue weighted by Gasteiger charge is -2.22. The summed E-state index contributed by atoms with van der Waals surface area (Å²) in [7, 11) is 0. The Bertz CT molecular complexity index is 1070. The molecule has 2 heterocycles. The molecule has 0 atom stereocenters. The first-order valence-electron chi connectivity index (χ1n) is 10.2. The van der Waals surface area contributed by atoms with Crippen LogP contribution in [-0.2, 0) is 30.7 Å². The molecule has 0 radical (unpaired) electrons. The van der Waals surface area contributed by atoms with E-state index in [1.165, 1.54) is 11.8 Å². The maximum absolute atomic E-state index is 12.8. The minimum Gasteiger partial charge on any atom is -0.351 e. The molecule has 1 aliphatic carbocycles. The lowest BCUT2D eigenvalue weighted by Crippen LogP contribution is -2.31. The van der Waals surface area contributed by atoms with Crippen LogP contribution in [0.3, 0.4) is 0 Å². The average molecular weight is 421 g/mol. The molecule has 2 aromatic heterocycles. The summed E-state index contributed by atoms with van der Waals surface area (Å²) >= 11 is 1.36. The first-order valence-corrected chi connectivity index (χ1v) is 11.1. The molecule has 0 unspecified atom stereocenters. The van der Waals surface area contributed by atoms with E-state index in [0.29, 0.717) is 18.1 Å². The van der Waals surface area contributed by atoms with E-state index in [1.807, 2.05) is 42.5 Å². The second-order valence-corrected chi connectivity index (χ2v) is 8.29. The predicted molar refractivity (Wildman–Crippen MR) is 117 cm³/mol. The van der Waals surface area contributed by atoms with Crippen molar-refractivity contribution in [2.75, 3.05) is 5.75 Å². The van der Waals surface area contributed by atoms with Crippen molar-refractivity contribution in [1.82, 2.24) is 19.9 Å². The summed E-state index contributed by atoms with van der Waals surface area (Å²) in [4.78, 5) is 33.6. The van der Waals surface area contributed by atoms with Crippen LogP contribution in [0.15, 0.2) is 64.7 Å². The number of thioether (sulfide) groups is 1. The molecule has 0 saturated heterocycles. The van der Waals surface area contributed by atoms with Gasteiger partial charge in [0.2, 0.25) is 5.91 Å². The molecule has 0 saturated carbocycles. The summed E-state index contributed by atoms with van der Waals surface area (Å²) < 4.78 is 1.77. The number of aromatic nitrogens is 3. The molecule has 7 heteroatoms. The van der Waals surface area contributed by atoms with Crippen LogP contribution in [0.5, 0.6) is 0 Å². The smallest absolute Gasteiger partial charge is 0.349 e. The van der Waals surface area contributed by atoms with Gasteiger partial charge in [-0.25, -0.2) is 4.79 Å². The molecular formula is C23H24N4O2S. The van der Waals surface area contributed by atoms with E-state index in [9.17, 15) is 9.59 Å². The van der Waals surface area contributed by atoms with Gasteiger partial charge in [0.1, 0.15) is 5.03 Å². The summed E-state index contributed by atoms with van der Waals surface area (Å²) in [6.45, 7) is 0.975. The molecule has 0 fully saturated rings. The molecule has 1 aromatic carbocycles. The quantitative estimate of drug-likeness (QED) is 0.470. The van der Waals surface area contributed by atoms with Gasteiger partial charge in [-0.15, -0.1) is 0 Å². The van der Waals surface area contributed by atoms with E-state index in [-0.39, 0.29) is 17.3 Å². The van der Waals surface area contributed by atoms with Gasteiger partial charge in [0.25, 0.3) is 0 Å². The fourth-order valence-electron chi connectivity index (χ4n) is 3.69. The lowest BCUT2D eigenvalue weighted by molar-refractivity contribution is -0.118. The number of carbonyl (C=O) groups excluding carboxylic acids is 1. The fourth-order valence-corrected chi connectivity index (χ4v) is 4.59. The Morgan fingerprint density at radius 1 is 1.07 bits per heavy atom. The minimum atomic E-state index is -0.258. The number of hydrogen-bond donors (Lipinski definition) is 1. The van der Waals surface area contributed by atoms with Gasteiger partial charge < -0.3 is 5.32 Å². The summed E-state index contributed by atoms with van der Waals surface area (Å²) in [5.74, 6) is 0.188. The first kappa shape index (κ1) is 20.3. The van der Waals surface area contributed by atoms with Crippen LogP contribution in [0.4, 0.5) is 0 Å². The van der Waals surface area contributed by atoms with Crippen LogP contribution in [0.2, 0.25) is 0 Å². The number of hydrogen-bond acceptors (Lipinski definition) is 5. The number of rotatable bonds is 7. The third-order valence-electron chi connectivity index (χ3n) is 5.19. The number of amides is 1. The van der Waals surface area contributed by atoms with Crippen molar-refractivity contribution >= 4 is 17.7 Å². The zero-order valence-electron chi connectivity index (χ0n) is 16.7. The highest BCUT2D eigenvalue weighted by Crippen LogP contribution is 2.28. The van der Waals surface area contributed by atoms with Crippen LogP contribution in [0, 0.1) is 0 Å². The standard InChI is InChI=1S/C23H24N4O2S/c28-21(25-14-17-7-2-1-3-8-17)16-30-22-19-10-4-5-11-20(19)27(23(29)26-22)15-18-9-6-12-24-13-18/h1-3,6-9,12-13H,4-5,10-11,14-16H2,(H,25,28). The normalized spacial score (nSPS) is 12.9. The highest BCUT2D eigenvalue weighted by molar-refractivity contribution is 7.99. The van der Waals surface area contributed by atoms with Gasteiger partial charge in [0.05, 0.1) is 12.3 Å². The van der Waals surface area contributed by atoms with Crippen LogP contribution in [-0.4, -0.2) is 26.2 Å². The molecule has 1 amide bonds. The monoisotopic (exact) mass is 420 g/mol. The highest BCUT2D eigenvalue weighted by Gasteiger charge is 2.21. The minimum absolute atomic E-state index is 0.0604. The number of benzene rings is 1. The van der Waals surface area contributed by atoms with E-state index in [2.05, 4.69) is 15.3 Å². The summed E-state index contributed by atoms with van der Waals surface area (Å²) in [6.07, 6.45) is 7.40. The Balaban J connectivity index is 1.48.